The molecule has 90 valence electrons. The summed E-state index contributed by atoms with van der Waals surface area (Å²) in [5.74, 6) is 0. The first-order valence-electron chi connectivity index (χ1n) is 6.24. The molecule has 3 heteroatoms. The quantitative estimate of drug-likeness (QED) is 0.725. The highest BCUT2D eigenvalue weighted by Crippen LogP contribution is 2.11. The van der Waals surface area contributed by atoms with Gasteiger partial charge in [-0.1, -0.05) is 6.92 Å². The van der Waals surface area contributed by atoms with Crippen molar-refractivity contribution < 1.29 is 4.74 Å². The maximum absolute atomic E-state index is 5.36. The Labute approximate surface area is 94.2 Å². The van der Waals surface area contributed by atoms with E-state index in [9.17, 15) is 0 Å². The van der Waals surface area contributed by atoms with E-state index < -0.39 is 0 Å². The first kappa shape index (κ1) is 12.9. The SMILES string of the molecule is CCC(C)NCCN1CCC(OC)CC1. The molecule has 1 aliphatic rings. The van der Waals surface area contributed by atoms with Gasteiger partial charge in [-0.2, -0.15) is 0 Å². The Morgan fingerprint density at radius 3 is 2.60 bits per heavy atom. The van der Waals surface area contributed by atoms with Crippen LogP contribution < -0.4 is 5.32 Å². The van der Waals surface area contributed by atoms with Gasteiger partial charge in [0.25, 0.3) is 0 Å². The van der Waals surface area contributed by atoms with Gasteiger partial charge in [-0.15, -0.1) is 0 Å². The van der Waals surface area contributed by atoms with E-state index in [1.165, 1.54) is 38.9 Å². The normalized spacial score (nSPS) is 21.8. The van der Waals surface area contributed by atoms with Crippen LogP contribution in [0.5, 0.6) is 0 Å². The Morgan fingerprint density at radius 1 is 1.40 bits per heavy atom. The van der Waals surface area contributed by atoms with Crippen LogP contribution in [0.3, 0.4) is 0 Å². The zero-order valence-electron chi connectivity index (χ0n) is 10.5. The van der Waals surface area contributed by atoms with Gasteiger partial charge >= 0.3 is 0 Å². The Hall–Kier alpha value is -0.120. The molecule has 1 fully saturated rings. The number of piperidine rings is 1. The van der Waals surface area contributed by atoms with Gasteiger partial charge in [0.15, 0.2) is 0 Å². The number of rotatable bonds is 6. The van der Waals surface area contributed by atoms with Crippen molar-refractivity contribution in [3.8, 4) is 0 Å². The third-order valence-electron chi connectivity index (χ3n) is 3.40. The topological polar surface area (TPSA) is 24.5 Å². The lowest BCUT2D eigenvalue weighted by Crippen LogP contribution is -2.41. The summed E-state index contributed by atoms with van der Waals surface area (Å²) in [6, 6.07) is 0.654. The highest BCUT2D eigenvalue weighted by atomic mass is 16.5. The van der Waals surface area contributed by atoms with Gasteiger partial charge in [0.05, 0.1) is 6.10 Å². The van der Waals surface area contributed by atoms with Crippen molar-refractivity contribution in [1.82, 2.24) is 10.2 Å². The van der Waals surface area contributed by atoms with Gasteiger partial charge < -0.3 is 15.0 Å². The molecule has 1 rings (SSSR count). The lowest BCUT2D eigenvalue weighted by Gasteiger charge is -2.31. The predicted molar refractivity (Wildman–Crippen MR) is 64.2 cm³/mol. The number of hydrogen-bond donors (Lipinski definition) is 1. The van der Waals surface area contributed by atoms with Gasteiger partial charge in [-0.05, 0) is 26.2 Å². The summed E-state index contributed by atoms with van der Waals surface area (Å²) in [7, 11) is 1.82. The van der Waals surface area contributed by atoms with Crippen molar-refractivity contribution in [1.29, 1.82) is 0 Å². The van der Waals surface area contributed by atoms with E-state index in [0.717, 1.165) is 6.54 Å². The van der Waals surface area contributed by atoms with Gasteiger partial charge in [-0.3, -0.25) is 0 Å². The second-order valence-electron chi connectivity index (χ2n) is 4.54. The van der Waals surface area contributed by atoms with Crippen molar-refractivity contribution in [3.05, 3.63) is 0 Å². The van der Waals surface area contributed by atoms with Crippen molar-refractivity contribution >= 4 is 0 Å². The van der Waals surface area contributed by atoms with Crippen LogP contribution in [0.25, 0.3) is 0 Å². The number of nitrogens with one attached hydrogen (secondary N) is 1. The maximum atomic E-state index is 5.36. The Bertz CT molecular complexity index is 156. The van der Waals surface area contributed by atoms with Crippen LogP contribution in [0, 0.1) is 0 Å². The van der Waals surface area contributed by atoms with Crippen molar-refractivity contribution in [2.75, 3.05) is 33.3 Å². The van der Waals surface area contributed by atoms with Crippen LogP contribution in [0.15, 0.2) is 0 Å². The molecule has 1 heterocycles. The molecule has 3 nitrogen and oxygen atoms in total. The number of ether oxygens (including phenoxy) is 1. The zero-order valence-corrected chi connectivity index (χ0v) is 10.5. The lowest BCUT2D eigenvalue weighted by molar-refractivity contribution is 0.0413. The van der Waals surface area contributed by atoms with Crippen molar-refractivity contribution in [2.24, 2.45) is 0 Å². The molecule has 0 bridgehead atoms. The zero-order chi connectivity index (χ0) is 11.1. The summed E-state index contributed by atoms with van der Waals surface area (Å²) in [6.45, 7) is 9.16. The van der Waals surface area contributed by atoms with Crippen molar-refractivity contribution in [3.63, 3.8) is 0 Å². The van der Waals surface area contributed by atoms with E-state index in [0.29, 0.717) is 12.1 Å². The molecule has 1 saturated heterocycles. The summed E-state index contributed by atoms with van der Waals surface area (Å²) < 4.78 is 5.36. The average molecular weight is 214 g/mol. The standard InChI is InChI=1S/C12H26N2O/c1-4-11(2)13-7-10-14-8-5-12(15-3)6-9-14/h11-13H,4-10H2,1-3H3. The summed E-state index contributed by atoms with van der Waals surface area (Å²) in [4.78, 5) is 2.53. The van der Waals surface area contributed by atoms with E-state index >= 15 is 0 Å². The maximum Gasteiger partial charge on any atom is 0.0595 e. The highest BCUT2D eigenvalue weighted by Gasteiger charge is 2.17. The molecule has 0 amide bonds. The third kappa shape index (κ3) is 4.96. The van der Waals surface area contributed by atoms with Crippen LogP contribution >= 0.6 is 0 Å². The average Bonchev–Trinajstić information content (AvgIpc) is 2.29. The van der Waals surface area contributed by atoms with Gasteiger partial charge in [0.1, 0.15) is 0 Å². The van der Waals surface area contributed by atoms with Crippen LogP contribution in [0.1, 0.15) is 33.1 Å². The molecule has 1 N–H and O–H groups in total. The minimum Gasteiger partial charge on any atom is -0.381 e. The Kier molecular flexibility index (Phi) is 6.22. The fourth-order valence-corrected chi connectivity index (χ4v) is 1.98. The molecular weight excluding hydrogens is 188 g/mol. The van der Waals surface area contributed by atoms with Crippen LogP contribution in [-0.4, -0.2) is 50.3 Å². The molecular formula is C12H26N2O. The van der Waals surface area contributed by atoms with E-state index in [2.05, 4.69) is 24.1 Å². The predicted octanol–water partition coefficient (Wildman–Crippen LogP) is 1.49. The highest BCUT2D eigenvalue weighted by molar-refractivity contribution is 4.73. The molecule has 0 aromatic carbocycles. The first-order valence-corrected chi connectivity index (χ1v) is 6.24. The largest absolute Gasteiger partial charge is 0.381 e. The fourth-order valence-electron chi connectivity index (χ4n) is 1.98. The molecule has 0 radical (unpaired) electrons. The van der Waals surface area contributed by atoms with Crippen LogP contribution in [-0.2, 0) is 4.74 Å². The molecule has 0 aliphatic carbocycles. The number of nitrogens with zero attached hydrogens (tertiary/aromatic N) is 1. The van der Waals surface area contributed by atoms with Crippen molar-refractivity contribution in [2.45, 2.75) is 45.3 Å². The van der Waals surface area contributed by atoms with Gasteiger partial charge in [0.2, 0.25) is 0 Å². The molecule has 1 unspecified atom stereocenters. The number of methoxy groups -OCH3 is 1. The van der Waals surface area contributed by atoms with Gasteiger partial charge in [0, 0.05) is 39.3 Å². The first-order chi connectivity index (χ1) is 7.26. The smallest absolute Gasteiger partial charge is 0.0595 e. The number of hydrogen-bond acceptors (Lipinski definition) is 3. The fraction of sp³-hybridized carbons (Fsp3) is 1.00. The monoisotopic (exact) mass is 214 g/mol. The van der Waals surface area contributed by atoms with Crippen LogP contribution in [0.2, 0.25) is 0 Å². The Balaban J connectivity index is 2.03. The summed E-state index contributed by atoms with van der Waals surface area (Å²) >= 11 is 0. The second kappa shape index (κ2) is 7.20. The number of likely N-dealkylation sites (tertiary alicyclic amines) is 1. The summed E-state index contributed by atoms with van der Waals surface area (Å²) in [5, 5.41) is 3.53. The van der Waals surface area contributed by atoms with E-state index in [4.69, 9.17) is 4.74 Å². The van der Waals surface area contributed by atoms with E-state index in [1.807, 2.05) is 7.11 Å². The van der Waals surface area contributed by atoms with Gasteiger partial charge in [-0.25, -0.2) is 0 Å². The summed E-state index contributed by atoms with van der Waals surface area (Å²) in [5.41, 5.74) is 0. The summed E-state index contributed by atoms with van der Waals surface area (Å²) in [6.07, 6.45) is 4.11. The Morgan fingerprint density at radius 2 is 2.07 bits per heavy atom. The van der Waals surface area contributed by atoms with E-state index in [1.54, 1.807) is 0 Å². The van der Waals surface area contributed by atoms with E-state index in [-0.39, 0.29) is 0 Å². The molecule has 0 aromatic heterocycles. The van der Waals surface area contributed by atoms with Crippen LogP contribution in [0.4, 0.5) is 0 Å². The molecule has 15 heavy (non-hydrogen) atoms. The molecule has 0 spiro atoms. The molecule has 1 atom stereocenters. The second-order valence-corrected chi connectivity index (χ2v) is 4.54. The third-order valence-corrected chi connectivity index (χ3v) is 3.40. The molecule has 1 aliphatic heterocycles. The minimum absolute atomic E-state index is 0.503. The molecule has 0 aromatic rings. The molecule has 0 saturated carbocycles. The lowest BCUT2D eigenvalue weighted by atomic mass is 10.1. The minimum atomic E-state index is 0.503.